The van der Waals surface area contributed by atoms with E-state index in [0.717, 1.165) is 6.54 Å². The number of nitrogens with two attached hydrogens (primary N) is 1. The SMILES string of the molecule is CC(C)CNC(N)=NCC(=O)Nc1cccnc1. The van der Waals surface area contributed by atoms with Gasteiger partial charge in [0.1, 0.15) is 6.54 Å². The molecule has 6 heteroatoms. The van der Waals surface area contributed by atoms with Crippen LogP contribution in [-0.4, -0.2) is 29.9 Å². The third-order valence-electron chi connectivity index (χ3n) is 2.03. The average molecular weight is 249 g/mol. The molecule has 0 aliphatic heterocycles. The van der Waals surface area contributed by atoms with Crippen molar-refractivity contribution >= 4 is 17.6 Å². The Morgan fingerprint density at radius 2 is 2.33 bits per heavy atom. The lowest BCUT2D eigenvalue weighted by Gasteiger charge is -2.07. The van der Waals surface area contributed by atoms with Crippen LogP contribution in [0.4, 0.5) is 5.69 Å². The summed E-state index contributed by atoms with van der Waals surface area (Å²) < 4.78 is 0. The van der Waals surface area contributed by atoms with Gasteiger partial charge in [-0.1, -0.05) is 13.8 Å². The van der Waals surface area contributed by atoms with Gasteiger partial charge >= 0.3 is 0 Å². The van der Waals surface area contributed by atoms with E-state index in [4.69, 9.17) is 5.73 Å². The topological polar surface area (TPSA) is 92.4 Å². The fraction of sp³-hybridized carbons (Fsp3) is 0.417. The zero-order chi connectivity index (χ0) is 13.4. The van der Waals surface area contributed by atoms with Crippen LogP contribution >= 0.6 is 0 Å². The Labute approximate surface area is 107 Å². The van der Waals surface area contributed by atoms with Gasteiger partial charge in [-0.3, -0.25) is 9.78 Å². The maximum absolute atomic E-state index is 11.5. The number of carbonyl (C=O) groups excluding carboxylic acids is 1. The Kier molecular flexibility index (Phi) is 5.63. The number of hydrogen-bond acceptors (Lipinski definition) is 3. The molecule has 0 fully saturated rings. The maximum atomic E-state index is 11.5. The number of nitrogens with zero attached hydrogens (tertiary/aromatic N) is 2. The first-order chi connectivity index (χ1) is 8.58. The summed E-state index contributed by atoms with van der Waals surface area (Å²) in [5.41, 5.74) is 6.26. The van der Waals surface area contributed by atoms with Crippen LogP contribution in [0.25, 0.3) is 0 Å². The third kappa shape index (κ3) is 5.83. The number of amides is 1. The summed E-state index contributed by atoms with van der Waals surface area (Å²) in [6.07, 6.45) is 3.21. The molecule has 0 aromatic carbocycles. The summed E-state index contributed by atoms with van der Waals surface area (Å²) in [5.74, 6) is 0.533. The van der Waals surface area contributed by atoms with Crippen LogP contribution in [0.15, 0.2) is 29.5 Å². The Morgan fingerprint density at radius 1 is 1.56 bits per heavy atom. The Morgan fingerprint density at radius 3 is 2.94 bits per heavy atom. The normalized spacial score (nSPS) is 11.4. The second kappa shape index (κ2) is 7.26. The molecule has 0 atom stereocenters. The van der Waals surface area contributed by atoms with E-state index >= 15 is 0 Å². The maximum Gasteiger partial charge on any atom is 0.246 e. The van der Waals surface area contributed by atoms with Crippen LogP contribution in [0, 0.1) is 5.92 Å². The molecule has 1 amide bonds. The summed E-state index contributed by atoms with van der Waals surface area (Å²) in [6, 6.07) is 3.51. The molecule has 1 rings (SSSR count). The van der Waals surface area contributed by atoms with Gasteiger partial charge < -0.3 is 16.4 Å². The molecule has 0 saturated carbocycles. The molecule has 0 bridgehead atoms. The third-order valence-corrected chi connectivity index (χ3v) is 2.03. The molecule has 4 N–H and O–H groups in total. The largest absolute Gasteiger partial charge is 0.370 e. The minimum atomic E-state index is -0.225. The van der Waals surface area contributed by atoms with E-state index in [2.05, 4.69) is 34.5 Å². The van der Waals surface area contributed by atoms with Gasteiger partial charge in [0.15, 0.2) is 5.96 Å². The Bertz CT molecular complexity index is 402. The van der Waals surface area contributed by atoms with Crippen LogP contribution in [0.1, 0.15) is 13.8 Å². The van der Waals surface area contributed by atoms with Crippen molar-refractivity contribution in [1.29, 1.82) is 0 Å². The zero-order valence-electron chi connectivity index (χ0n) is 10.7. The second-order valence-corrected chi connectivity index (χ2v) is 4.27. The highest BCUT2D eigenvalue weighted by atomic mass is 16.1. The van der Waals surface area contributed by atoms with E-state index < -0.39 is 0 Å². The van der Waals surface area contributed by atoms with Gasteiger partial charge in [-0.05, 0) is 18.1 Å². The van der Waals surface area contributed by atoms with Crippen molar-refractivity contribution in [3.8, 4) is 0 Å². The molecule has 0 spiro atoms. The fourth-order valence-corrected chi connectivity index (χ4v) is 1.16. The summed E-state index contributed by atoms with van der Waals surface area (Å²) in [4.78, 5) is 19.4. The van der Waals surface area contributed by atoms with Crippen molar-refractivity contribution in [3.63, 3.8) is 0 Å². The van der Waals surface area contributed by atoms with Gasteiger partial charge in [-0.2, -0.15) is 0 Å². The van der Waals surface area contributed by atoms with Crippen LogP contribution in [0.2, 0.25) is 0 Å². The predicted molar refractivity (Wildman–Crippen MR) is 72.2 cm³/mol. The number of aromatic nitrogens is 1. The number of nitrogens with one attached hydrogen (secondary N) is 2. The van der Waals surface area contributed by atoms with Gasteiger partial charge in [0, 0.05) is 12.7 Å². The highest BCUT2D eigenvalue weighted by molar-refractivity contribution is 5.93. The van der Waals surface area contributed by atoms with Crippen molar-refractivity contribution in [2.24, 2.45) is 16.6 Å². The smallest absolute Gasteiger partial charge is 0.246 e. The Balaban J connectivity index is 2.34. The first-order valence-electron chi connectivity index (χ1n) is 5.81. The van der Waals surface area contributed by atoms with Crippen molar-refractivity contribution in [1.82, 2.24) is 10.3 Å². The van der Waals surface area contributed by atoms with E-state index in [1.807, 2.05) is 0 Å². The first kappa shape index (κ1) is 14.0. The van der Waals surface area contributed by atoms with E-state index in [-0.39, 0.29) is 18.4 Å². The van der Waals surface area contributed by atoms with E-state index in [9.17, 15) is 4.79 Å². The molecule has 1 heterocycles. The lowest BCUT2D eigenvalue weighted by atomic mass is 10.2. The fourth-order valence-electron chi connectivity index (χ4n) is 1.16. The summed E-state index contributed by atoms with van der Waals surface area (Å²) in [6.45, 7) is 4.86. The average Bonchev–Trinajstić information content (AvgIpc) is 2.35. The van der Waals surface area contributed by atoms with Crippen LogP contribution < -0.4 is 16.4 Å². The van der Waals surface area contributed by atoms with Gasteiger partial charge in [0.05, 0.1) is 11.9 Å². The summed E-state index contributed by atoms with van der Waals surface area (Å²) in [5, 5.41) is 5.61. The molecule has 0 aliphatic rings. The highest BCUT2D eigenvalue weighted by Gasteiger charge is 2.01. The molecule has 1 aromatic heterocycles. The lowest BCUT2D eigenvalue weighted by Crippen LogP contribution is -2.35. The molecule has 6 nitrogen and oxygen atoms in total. The molecular formula is C12H19N5O. The van der Waals surface area contributed by atoms with Crippen molar-refractivity contribution in [2.75, 3.05) is 18.4 Å². The number of anilines is 1. The first-order valence-corrected chi connectivity index (χ1v) is 5.81. The quantitative estimate of drug-likeness (QED) is 0.525. The van der Waals surface area contributed by atoms with Gasteiger partial charge in [-0.15, -0.1) is 0 Å². The number of pyridine rings is 1. The van der Waals surface area contributed by atoms with E-state index in [0.29, 0.717) is 11.6 Å². The Hall–Kier alpha value is -2.11. The molecule has 0 unspecified atom stereocenters. The summed E-state index contributed by atoms with van der Waals surface area (Å²) >= 11 is 0. The molecular weight excluding hydrogens is 230 g/mol. The number of hydrogen-bond donors (Lipinski definition) is 3. The van der Waals surface area contributed by atoms with Crippen molar-refractivity contribution < 1.29 is 4.79 Å². The minimum absolute atomic E-state index is 0.00811. The number of rotatable bonds is 5. The van der Waals surface area contributed by atoms with Crippen LogP contribution in [-0.2, 0) is 4.79 Å². The molecule has 0 radical (unpaired) electrons. The molecule has 18 heavy (non-hydrogen) atoms. The van der Waals surface area contributed by atoms with Gasteiger partial charge in [0.25, 0.3) is 0 Å². The van der Waals surface area contributed by atoms with E-state index in [1.165, 1.54) is 0 Å². The monoisotopic (exact) mass is 249 g/mol. The highest BCUT2D eigenvalue weighted by Crippen LogP contribution is 2.01. The minimum Gasteiger partial charge on any atom is -0.370 e. The predicted octanol–water partition coefficient (Wildman–Crippen LogP) is 0.580. The van der Waals surface area contributed by atoms with Crippen molar-refractivity contribution in [2.45, 2.75) is 13.8 Å². The van der Waals surface area contributed by atoms with Gasteiger partial charge in [-0.25, -0.2) is 4.99 Å². The standard InChI is InChI=1S/C12H19N5O/c1-9(2)6-15-12(13)16-8-11(18)17-10-4-3-5-14-7-10/h3-5,7,9H,6,8H2,1-2H3,(H,17,18)(H3,13,15,16). The summed E-state index contributed by atoms with van der Waals surface area (Å²) in [7, 11) is 0. The van der Waals surface area contributed by atoms with Crippen LogP contribution in [0.3, 0.4) is 0 Å². The van der Waals surface area contributed by atoms with Gasteiger partial charge in [0.2, 0.25) is 5.91 Å². The number of guanidine groups is 1. The number of aliphatic imine (C=N–C) groups is 1. The van der Waals surface area contributed by atoms with Crippen LogP contribution in [0.5, 0.6) is 0 Å². The number of carbonyl (C=O) groups is 1. The zero-order valence-corrected chi connectivity index (χ0v) is 10.7. The molecule has 0 aliphatic carbocycles. The second-order valence-electron chi connectivity index (χ2n) is 4.27. The van der Waals surface area contributed by atoms with E-state index in [1.54, 1.807) is 24.5 Å². The molecule has 98 valence electrons. The molecule has 1 aromatic rings. The molecule has 0 saturated heterocycles. The van der Waals surface area contributed by atoms with Crippen molar-refractivity contribution in [3.05, 3.63) is 24.5 Å². The lowest BCUT2D eigenvalue weighted by molar-refractivity contribution is -0.114.